The molecule has 0 fully saturated rings. The Kier molecular flexibility index (Phi) is 4.91. The summed E-state index contributed by atoms with van der Waals surface area (Å²) in [6.07, 6.45) is 0. The Morgan fingerprint density at radius 2 is 1.11 bits per heavy atom. The molecule has 0 N–H and O–H groups in total. The minimum atomic E-state index is -10.7. The summed E-state index contributed by atoms with van der Waals surface area (Å²) >= 11 is 12.2. The van der Waals surface area contributed by atoms with Crippen LogP contribution in [-0.2, 0) is 0 Å². The van der Waals surface area contributed by atoms with Crippen molar-refractivity contribution in [1.29, 1.82) is 0 Å². The van der Waals surface area contributed by atoms with Crippen molar-refractivity contribution in [1.82, 2.24) is 0 Å². The molecular formula is C18H11Cl2F6PS. The van der Waals surface area contributed by atoms with E-state index in [1.54, 1.807) is 0 Å². The molecule has 1 heterocycles. The number of halogens is 8. The van der Waals surface area contributed by atoms with Gasteiger partial charge in [0.05, 0.1) is 0 Å². The van der Waals surface area contributed by atoms with Crippen LogP contribution in [0.15, 0.2) is 66.7 Å². The van der Waals surface area contributed by atoms with Crippen LogP contribution in [0.4, 0.5) is 25.2 Å². The molecule has 0 nitrogen and oxygen atoms in total. The van der Waals surface area contributed by atoms with Crippen LogP contribution in [0, 0.1) is 0 Å². The van der Waals surface area contributed by atoms with Gasteiger partial charge in [-0.1, -0.05) is 35.3 Å². The Hall–Kier alpha value is -1.53. The first kappa shape index (κ1) is 21.2. The van der Waals surface area contributed by atoms with Gasteiger partial charge < -0.3 is 0 Å². The van der Waals surface area contributed by atoms with Crippen molar-refractivity contribution in [2.45, 2.75) is 0 Å². The summed E-state index contributed by atoms with van der Waals surface area (Å²) in [4.78, 5) is 1.29. The van der Waals surface area contributed by atoms with E-state index in [0.717, 1.165) is 10.0 Å². The Morgan fingerprint density at radius 1 is 0.607 bits per heavy atom. The summed E-state index contributed by atoms with van der Waals surface area (Å²) in [5.41, 5.74) is 0. The molecule has 0 saturated carbocycles. The second-order valence-corrected chi connectivity index (χ2v) is 10.6. The Balaban J connectivity index is 0.000000279. The molecule has 1 unspecified atom stereocenters. The van der Waals surface area contributed by atoms with Gasteiger partial charge in [0.2, 0.25) is 0 Å². The zero-order chi connectivity index (χ0) is 20.8. The topological polar surface area (TPSA) is 0 Å². The molecule has 0 aliphatic heterocycles. The van der Waals surface area contributed by atoms with Crippen LogP contribution < -0.4 is 0 Å². The maximum atomic E-state index is 9.87. The summed E-state index contributed by atoms with van der Waals surface area (Å²) in [7, 11) is -10.7. The molecule has 0 aliphatic rings. The first-order chi connectivity index (χ1) is 12.7. The van der Waals surface area contributed by atoms with Crippen LogP contribution in [0.2, 0.25) is 10.0 Å². The second-order valence-electron chi connectivity index (χ2n) is 5.86. The van der Waals surface area contributed by atoms with E-state index in [4.69, 9.17) is 23.2 Å². The van der Waals surface area contributed by atoms with Crippen LogP contribution in [0.25, 0.3) is 25.1 Å². The summed E-state index contributed by atoms with van der Waals surface area (Å²) in [5.74, 6) is 0. The molecule has 28 heavy (non-hydrogen) atoms. The van der Waals surface area contributed by atoms with Gasteiger partial charge in [0, 0.05) is 37.4 Å². The van der Waals surface area contributed by atoms with E-state index in [1.165, 1.54) is 25.1 Å². The molecule has 10 heteroatoms. The molecule has 0 aliphatic carbocycles. The molecular weight excluding hydrogens is 464 g/mol. The predicted octanol–water partition coefficient (Wildman–Crippen LogP) is 10.4. The third kappa shape index (κ3) is 5.74. The fourth-order valence-electron chi connectivity index (χ4n) is 2.70. The van der Waals surface area contributed by atoms with Gasteiger partial charge in [-0.05, 0) is 48.5 Å². The van der Waals surface area contributed by atoms with Gasteiger partial charge in [-0.2, -0.15) is 0 Å². The minimum absolute atomic E-state index is 0.0744. The summed E-state index contributed by atoms with van der Waals surface area (Å²) in [5, 5.41) is 4.08. The first-order valence-electron chi connectivity index (χ1n) is 7.64. The van der Waals surface area contributed by atoms with Crippen LogP contribution in [0.5, 0.6) is 0 Å². The Morgan fingerprint density at radius 3 is 1.71 bits per heavy atom. The van der Waals surface area contributed by atoms with E-state index in [0.29, 0.717) is 0 Å². The van der Waals surface area contributed by atoms with Crippen molar-refractivity contribution in [2.24, 2.45) is 0 Å². The first-order valence-corrected chi connectivity index (χ1v) is 11.7. The quantitative estimate of drug-likeness (QED) is 0.146. The van der Waals surface area contributed by atoms with Crippen LogP contribution in [0.1, 0.15) is 0 Å². The SMILES string of the molecule is Clc1ccc(-[s+]2c3ccccc3c3cc(Cl)ccc32)cc1.F[P-](F)(F)(F)(F)F. The van der Waals surface area contributed by atoms with Gasteiger partial charge in [0.25, 0.3) is 0 Å². The van der Waals surface area contributed by atoms with Gasteiger partial charge >= 0.3 is 33.0 Å². The number of thiophene rings is 1. The molecule has 0 amide bonds. The Labute approximate surface area is 168 Å². The van der Waals surface area contributed by atoms with E-state index in [2.05, 4.69) is 48.5 Å². The van der Waals surface area contributed by atoms with Crippen molar-refractivity contribution < 1.29 is 25.2 Å². The van der Waals surface area contributed by atoms with Crippen LogP contribution in [-0.4, -0.2) is 0 Å². The molecule has 0 spiro atoms. The van der Waals surface area contributed by atoms with E-state index < -0.39 is 7.81 Å². The summed E-state index contributed by atoms with van der Waals surface area (Å²) in [6, 6.07) is 22.9. The molecule has 3 aromatic carbocycles. The van der Waals surface area contributed by atoms with Gasteiger partial charge in [-0.25, -0.2) is 0 Å². The van der Waals surface area contributed by atoms with E-state index in [9.17, 15) is 25.2 Å². The van der Waals surface area contributed by atoms with E-state index in [1.807, 2.05) is 18.2 Å². The fourth-order valence-corrected chi connectivity index (χ4v) is 5.36. The second kappa shape index (κ2) is 6.49. The normalized spacial score (nSPS) is 14.9. The average molecular weight is 475 g/mol. The zero-order valence-corrected chi connectivity index (χ0v) is 17.0. The number of hydrogen-bond donors (Lipinski definition) is 0. The average Bonchev–Trinajstić information content (AvgIpc) is 2.87. The van der Waals surface area contributed by atoms with Gasteiger partial charge in [-0.15, -0.1) is 0 Å². The van der Waals surface area contributed by atoms with Crippen molar-refractivity contribution in [3.63, 3.8) is 0 Å². The molecule has 4 aromatic rings. The predicted molar refractivity (Wildman–Crippen MR) is 109 cm³/mol. The van der Waals surface area contributed by atoms with Crippen molar-refractivity contribution in [3.05, 3.63) is 76.8 Å². The molecule has 1 aromatic heterocycles. The van der Waals surface area contributed by atoms with Gasteiger partial charge in [-0.3, -0.25) is 0 Å². The van der Waals surface area contributed by atoms with Gasteiger partial charge in [0.1, 0.15) is 0 Å². The number of benzene rings is 3. The van der Waals surface area contributed by atoms with Crippen LogP contribution in [0.3, 0.4) is 0 Å². The van der Waals surface area contributed by atoms with Crippen molar-refractivity contribution in [3.8, 4) is 4.90 Å². The molecule has 150 valence electrons. The summed E-state index contributed by atoms with van der Waals surface area (Å²) < 4.78 is 61.9. The molecule has 0 bridgehead atoms. The molecule has 0 radical (unpaired) electrons. The number of fused-ring (bicyclic) bond motifs is 3. The fraction of sp³-hybridized carbons (Fsp3) is 0. The third-order valence-electron chi connectivity index (χ3n) is 3.61. The monoisotopic (exact) mass is 474 g/mol. The third-order valence-corrected chi connectivity index (χ3v) is 6.43. The van der Waals surface area contributed by atoms with Crippen LogP contribution >= 0.6 is 41.5 Å². The van der Waals surface area contributed by atoms with E-state index in [-0.39, 0.29) is 10.5 Å². The Bertz CT molecular complexity index is 1160. The van der Waals surface area contributed by atoms with Crippen molar-refractivity contribution >= 4 is 61.7 Å². The zero-order valence-electron chi connectivity index (χ0n) is 13.7. The molecule has 0 saturated heterocycles. The maximum absolute atomic E-state index is 10.7. The standard InChI is InChI=1S/C18H11Cl2S.F6P/c19-12-5-8-14(9-6-12)21-17-4-2-1-3-15(17)16-11-13(20)7-10-18(16)21;1-7(2,3,4,5)6/h1-11H;/q+1;-1. The number of rotatable bonds is 1. The van der Waals surface area contributed by atoms with E-state index >= 15 is 0 Å². The number of hydrogen-bond acceptors (Lipinski definition) is 0. The summed E-state index contributed by atoms with van der Waals surface area (Å²) in [6.45, 7) is 0. The van der Waals surface area contributed by atoms with Crippen molar-refractivity contribution in [2.75, 3.05) is 0 Å². The molecule has 4 rings (SSSR count). The van der Waals surface area contributed by atoms with Gasteiger partial charge in [0.15, 0.2) is 14.3 Å². The molecule has 1 atom stereocenters.